The van der Waals surface area contributed by atoms with Gasteiger partial charge in [0.1, 0.15) is 11.3 Å². The molecule has 2 N–H and O–H groups in total. The Bertz CT molecular complexity index is 513. The minimum absolute atomic E-state index is 0.0138. The molecule has 0 aliphatic carbocycles. The Labute approximate surface area is 91.1 Å². The van der Waals surface area contributed by atoms with Gasteiger partial charge in [0.15, 0.2) is 0 Å². The zero-order valence-electron chi connectivity index (χ0n) is 8.04. The SMILES string of the molecule is CC(N)c1nc(Cl)nc2c(F)cccc12. The second-order valence-electron chi connectivity index (χ2n) is 3.30. The van der Waals surface area contributed by atoms with Gasteiger partial charge in [0, 0.05) is 11.4 Å². The summed E-state index contributed by atoms with van der Waals surface area (Å²) in [6, 6.07) is 4.35. The van der Waals surface area contributed by atoms with Gasteiger partial charge in [-0.1, -0.05) is 12.1 Å². The molecule has 1 heterocycles. The van der Waals surface area contributed by atoms with Gasteiger partial charge in [0.25, 0.3) is 0 Å². The fourth-order valence-electron chi connectivity index (χ4n) is 1.46. The van der Waals surface area contributed by atoms with Gasteiger partial charge in [-0.25, -0.2) is 14.4 Å². The van der Waals surface area contributed by atoms with Crippen molar-refractivity contribution in [3.05, 3.63) is 35.0 Å². The number of nitrogens with zero attached hydrogens (tertiary/aromatic N) is 2. The lowest BCUT2D eigenvalue weighted by molar-refractivity contribution is 0.635. The van der Waals surface area contributed by atoms with E-state index in [9.17, 15) is 4.39 Å². The summed E-state index contributed by atoms with van der Waals surface area (Å²) in [5.74, 6) is -0.418. The van der Waals surface area contributed by atoms with E-state index in [1.54, 1.807) is 19.1 Å². The van der Waals surface area contributed by atoms with Gasteiger partial charge in [-0.3, -0.25) is 0 Å². The summed E-state index contributed by atoms with van der Waals surface area (Å²) in [7, 11) is 0. The third kappa shape index (κ3) is 1.78. The lowest BCUT2D eigenvalue weighted by atomic mass is 10.1. The van der Waals surface area contributed by atoms with Gasteiger partial charge in [-0.2, -0.15) is 0 Å². The predicted octanol–water partition coefficient (Wildman–Crippen LogP) is 2.44. The molecule has 1 unspecified atom stereocenters. The van der Waals surface area contributed by atoms with E-state index < -0.39 is 5.82 Å². The summed E-state index contributed by atoms with van der Waals surface area (Å²) in [6.07, 6.45) is 0. The van der Waals surface area contributed by atoms with Gasteiger partial charge in [-0.05, 0) is 24.6 Å². The second kappa shape index (κ2) is 3.72. The Balaban J connectivity index is 2.86. The van der Waals surface area contributed by atoms with Crippen molar-refractivity contribution in [1.29, 1.82) is 0 Å². The van der Waals surface area contributed by atoms with Crippen LogP contribution in [0.3, 0.4) is 0 Å². The Morgan fingerprint density at radius 1 is 1.40 bits per heavy atom. The molecule has 1 aromatic carbocycles. The standard InChI is InChI=1S/C10H9ClFN3/c1-5(13)8-6-3-2-4-7(12)9(6)15-10(11)14-8/h2-5H,13H2,1H3. The molecule has 0 bridgehead atoms. The van der Waals surface area contributed by atoms with Gasteiger partial charge >= 0.3 is 0 Å². The van der Waals surface area contributed by atoms with E-state index in [1.165, 1.54) is 6.07 Å². The maximum atomic E-state index is 13.4. The molecule has 0 saturated heterocycles. The number of benzene rings is 1. The number of hydrogen-bond donors (Lipinski definition) is 1. The molecule has 78 valence electrons. The van der Waals surface area contributed by atoms with E-state index in [2.05, 4.69) is 9.97 Å². The average molecular weight is 226 g/mol. The molecule has 2 aromatic rings. The van der Waals surface area contributed by atoms with Crippen LogP contribution in [0.2, 0.25) is 5.28 Å². The highest BCUT2D eigenvalue weighted by Gasteiger charge is 2.12. The number of rotatable bonds is 1. The molecule has 0 spiro atoms. The molecule has 0 amide bonds. The highest BCUT2D eigenvalue weighted by atomic mass is 35.5. The van der Waals surface area contributed by atoms with Crippen LogP contribution in [0.5, 0.6) is 0 Å². The van der Waals surface area contributed by atoms with Gasteiger partial charge in [0.2, 0.25) is 5.28 Å². The first kappa shape index (κ1) is 10.3. The van der Waals surface area contributed by atoms with Crippen LogP contribution in [-0.2, 0) is 0 Å². The summed E-state index contributed by atoms with van der Waals surface area (Å²) in [6.45, 7) is 1.77. The fraction of sp³-hybridized carbons (Fsp3) is 0.200. The van der Waals surface area contributed by atoms with Crippen molar-refractivity contribution in [2.75, 3.05) is 0 Å². The second-order valence-corrected chi connectivity index (χ2v) is 3.64. The molecule has 0 fully saturated rings. The molecule has 0 aliphatic heterocycles. The lowest BCUT2D eigenvalue weighted by Gasteiger charge is -2.08. The van der Waals surface area contributed by atoms with Crippen molar-refractivity contribution >= 4 is 22.5 Å². The monoisotopic (exact) mass is 225 g/mol. The predicted molar refractivity (Wildman–Crippen MR) is 57.1 cm³/mol. The van der Waals surface area contributed by atoms with Crippen LogP contribution in [0.15, 0.2) is 18.2 Å². The van der Waals surface area contributed by atoms with E-state index in [-0.39, 0.29) is 16.8 Å². The largest absolute Gasteiger partial charge is 0.323 e. The minimum atomic E-state index is -0.418. The zero-order valence-corrected chi connectivity index (χ0v) is 8.79. The van der Waals surface area contributed by atoms with Crippen LogP contribution in [0.25, 0.3) is 10.9 Å². The Morgan fingerprint density at radius 2 is 2.13 bits per heavy atom. The fourth-order valence-corrected chi connectivity index (χ4v) is 1.64. The van der Waals surface area contributed by atoms with Crippen LogP contribution in [-0.4, -0.2) is 9.97 Å². The molecule has 3 nitrogen and oxygen atoms in total. The smallest absolute Gasteiger partial charge is 0.223 e. The maximum Gasteiger partial charge on any atom is 0.223 e. The molecule has 1 atom stereocenters. The quantitative estimate of drug-likeness (QED) is 0.759. The van der Waals surface area contributed by atoms with Crippen LogP contribution in [0.4, 0.5) is 4.39 Å². The summed E-state index contributed by atoms with van der Waals surface area (Å²) >= 11 is 5.70. The molecule has 15 heavy (non-hydrogen) atoms. The average Bonchev–Trinajstić information content (AvgIpc) is 2.18. The summed E-state index contributed by atoms with van der Waals surface area (Å²) < 4.78 is 13.4. The maximum absolute atomic E-state index is 13.4. The molecular weight excluding hydrogens is 217 g/mol. The normalized spacial score (nSPS) is 13.1. The zero-order chi connectivity index (χ0) is 11.0. The van der Waals surface area contributed by atoms with E-state index in [0.29, 0.717) is 11.1 Å². The van der Waals surface area contributed by atoms with Crippen LogP contribution >= 0.6 is 11.6 Å². The number of fused-ring (bicyclic) bond motifs is 1. The molecular formula is C10H9ClFN3. The molecule has 2 rings (SSSR count). The van der Waals surface area contributed by atoms with Crippen molar-refractivity contribution in [2.24, 2.45) is 5.73 Å². The topological polar surface area (TPSA) is 51.8 Å². The molecule has 5 heteroatoms. The van der Waals surface area contributed by atoms with E-state index >= 15 is 0 Å². The third-order valence-corrected chi connectivity index (χ3v) is 2.28. The first-order chi connectivity index (χ1) is 7.09. The highest BCUT2D eigenvalue weighted by Crippen LogP contribution is 2.23. The number of para-hydroxylation sites is 1. The molecule has 0 saturated carbocycles. The van der Waals surface area contributed by atoms with Crippen molar-refractivity contribution in [3.63, 3.8) is 0 Å². The first-order valence-corrected chi connectivity index (χ1v) is 4.84. The first-order valence-electron chi connectivity index (χ1n) is 4.47. The van der Waals surface area contributed by atoms with Crippen molar-refractivity contribution in [3.8, 4) is 0 Å². The molecule has 0 aliphatic rings. The van der Waals surface area contributed by atoms with Crippen molar-refractivity contribution < 1.29 is 4.39 Å². The van der Waals surface area contributed by atoms with Crippen molar-refractivity contribution in [2.45, 2.75) is 13.0 Å². The highest BCUT2D eigenvalue weighted by molar-refractivity contribution is 6.28. The minimum Gasteiger partial charge on any atom is -0.323 e. The number of aromatic nitrogens is 2. The Kier molecular flexibility index (Phi) is 2.54. The van der Waals surface area contributed by atoms with E-state index in [1.807, 2.05) is 0 Å². The van der Waals surface area contributed by atoms with Crippen LogP contribution in [0, 0.1) is 5.82 Å². The summed E-state index contributed by atoms with van der Waals surface area (Å²) in [5, 5.41) is 0.620. The van der Waals surface area contributed by atoms with E-state index in [0.717, 1.165) is 0 Å². The Hall–Kier alpha value is -1.26. The van der Waals surface area contributed by atoms with Gasteiger partial charge in [-0.15, -0.1) is 0 Å². The lowest BCUT2D eigenvalue weighted by Crippen LogP contribution is -2.09. The molecule has 0 radical (unpaired) electrons. The van der Waals surface area contributed by atoms with Crippen molar-refractivity contribution in [1.82, 2.24) is 9.97 Å². The van der Waals surface area contributed by atoms with Gasteiger partial charge < -0.3 is 5.73 Å². The summed E-state index contributed by atoms with van der Waals surface area (Å²) in [5.41, 5.74) is 6.50. The van der Waals surface area contributed by atoms with E-state index in [4.69, 9.17) is 17.3 Å². The molecule has 1 aromatic heterocycles. The number of halogens is 2. The number of nitrogens with two attached hydrogens (primary N) is 1. The number of hydrogen-bond acceptors (Lipinski definition) is 3. The van der Waals surface area contributed by atoms with Gasteiger partial charge in [0.05, 0.1) is 5.69 Å². The summed E-state index contributed by atoms with van der Waals surface area (Å²) in [4.78, 5) is 7.85. The van der Waals surface area contributed by atoms with Crippen LogP contribution < -0.4 is 5.73 Å². The third-order valence-electron chi connectivity index (χ3n) is 2.11. The van der Waals surface area contributed by atoms with Crippen LogP contribution in [0.1, 0.15) is 18.7 Å². The Morgan fingerprint density at radius 3 is 2.80 bits per heavy atom.